The first-order valence-electron chi connectivity index (χ1n) is 8.00. The van der Waals surface area contributed by atoms with E-state index in [2.05, 4.69) is 5.32 Å². The molecule has 6 nitrogen and oxygen atoms in total. The molecule has 0 aliphatic heterocycles. The largest absolute Gasteiger partial charge is 0.398 e. The maximum absolute atomic E-state index is 12.6. The molecule has 0 saturated heterocycles. The van der Waals surface area contributed by atoms with Crippen molar-refractivity contribution in [3.05, 3.63) is 65.2 Å². The van der Waals surface area contributed by atoms with Crippen molar-refractivity contribution in [2.45, 2.75) is 25.6 Å². The average Bonchev–Trinajstić information content (AvgIpc) is 2.61. The van der Waals surface area contributed by atoms with E-state index in [4.69, 9.17) is 5.73 Å². The molecule has 0 radical (unpaired) electrons. The maximum atomic E-state index is 12.6. The summed E-state index contributed by atoms with van der Waals surface area (Å²) in [6.07, 6.45) is -2.07. The van der Waals surface area contributed by atoms with Crippen LogP contribution in [0.3, 0.4) is 0 Å². The van der Waals surface area contributed by atoms with E-state index in [1.165, 1.54) is 19.1 Å². The third kappa shape index (κ3) is 4.89. The normalized spacial score (nSPS) is 13.1. The minimum atomic E-state index is -1.18. The highest BCUT2D eigenvalue weighted by molar-refractivity contribution is 6.12. The van der Waals surface area contributed by atoms with Gasteiger partial charge in [-0.15, -0.1) is 0 Å². The summed E-state index contributed by atoms with van der Waals surface area (Å²) in [6.45, 7) is 1.63. The number of anilines is 1. The average molecular weight is 342 g/mol. The van der Waals surface area contributed by atoms with Gasteiger partial charge in [0.25, 0.3) is 0 Å². The second kappa shape index (κ2) is 8.41. The number of rotatable bonds is 7. The molecule has 0 heterocycles. The first-order chi connectivity index (χ1) is 11.9. The Morgan fingerprint density at radius 3 is 2.44 bits per heavy atom. The van der Waals surface area contributed by atoms with Gasteiger partial charge in [0.15, 0.2) is 5.78 Å². The van der Waals surface area contributed by atoms with Crippen molar-refractivity contribution >= 4 is 17.4 Å². The number of amides is 1. The van der Waals surface area contributed by atoms with E-state index < -0.39 is 12.2 Å². The number of aliphatic hydroxyl groups is 2. The summed E-state index contributed by atoms with van der Waals surface area (Å²) in [5, 5.41) is 22.9. The number of nitrogens with one attached hydrogen (secondary N) is 1. The Morgan fingerprint density at radius 1 is 1.12 bits per heavy atom. The van der Waals surface area contributed by atoms with Crippen LogP contribution in [-0.4, -0.2) is 34.6 Å². The molecule has 0 aromatic heterocycles. The zero-order chi connectivity index (χ0) is 18.4. The van der Waals surface area contributed by atoms with Crippen LogP contribution in [-0.2, 0) is 4.79 Å². The number of carbonyl (C=O) groups is 2. The van der Waals surface area contributed by atoms with Gasteiger partial charge in [0.2, 0.25) is 5.91 Å². The van der Waals surface area contributed by atoms with Gasteiger partial charge < -0.3 is 21.3 Å². The third-order valence-electron chi connectivity index (χ3n) is 3.88. The van der Waals surface area contributed by atoms with Gasteiger partial charge in [-0.1, -0.05) is 36.4 Å². The van der Waals surface area contributed by atoms with Crippen molar-refractivity contribution in [1.82, 2.24) is 5.32 Å². The van der Waals surface area contributed by atoms with Gasteiger partial charge in [-0.2, -0.15) is 0 Å². The summed E-state index contributed by atoms with van der Waals surface area (Å²) >= 11 is 0. The number of nitrogens with two attached hydrogens (primary N) is 1. The van der Waals surface area contributed by atoms with E-state index in [-0.39, 0.29) is 30.2 Å². The molecular weight excluding hydrogens is 320 g/mol. The van der Waals surface area contributed by atoms with Crippen molar-refractivity contribution in [1.29, 1.82) is 0 Å². The SMILES string of the molecule is CC(=O)NCCC(O)C(O)c1ccc(N)c(C(=O)c2ccccc2)c1. The van der Waals surface area contributed by atoms with Crippen LogP contribution in [0.25, 0.3) is 0 Å². The minimum Gasteiger partial charge on any atom is -0.398 e. The van der Waals surface area contributed by atoms with E-state index in [9.17, 15) is 19.8 Å². The molecule has 5 N–H and O–H groups in total. The molecule has 2 atom stereocenters. The first kappa shape index (κ1) is 18.6. The fourth-order valence-corrected chi connectivity index (χ4v) is 2.48. The number of carbonyl (C=O) groups excluding carboxylic acids is 2. The van der Waals surface area contributed by atoms with Crippen LogP contribution in [0.15, 0.2) is 48.5 Å². The third-order valence-corrected chi connectivity index (χ3v) is 3.88. The van der Waals surface area contributed by atoms with Crippen molar-refractivity contribution < 1.29 is 19.8 Å². The zero-order valence-corrected chi connectivity index (χ0v) is 14.0. The molecule has 0 fully saturated rings. The van der Waals surface area contributed by atoms with Gasteiger partial charge in [-0.05, 0) is 24.1 Å². The van der Waals surface area contributed by atoms with E-state index >= 15 is 0 Å². The summed E-state index contributed by atoms with van der Waals surface area (Å²) in [6, 6.07) is 13.3. The number of aliphatic hydroxyl groups excluding tert-OH is 2. The molecule has 2 rings (SSSR count). The van der Waals surface area contributed by atoms with Crippen molar-refractivity contribution in [3.8, 4) is 0 Å². The molecule has 1 amide bonds. The predicted octanol–water partition coefficient (Wildman–Crippen LogP) is 1.42. The van der Waals surface area contributed by atoms with E-state index in [1.54, 1.807) is 30.3 Å². The van der Waals surface area contributed by atoms with E-state index in [0.717, 1.165) is 0 Å². The lowest BCUT2D eigenvalue weighted by Gasteiger charge is -2.19. The molecular formula is C19H22N2O4. The fourth-order valence-electron chi connectivity index (χ4n) is 2.48. The van der Waals surface area contributed by atoms with Gasteiger partial charge in [-0.25, -0.2) is 0 Å². The standard InChI is InChI=1S/C19H22N2O4/c1-12(22)21-10-9-17(23)19(25)14-7-8-16(20)15(11-14)18(24)13-5-3-2-4-6-13/h2-8,11,17,19,23,25H,9-10,20H2,1H3,(H,21,22). The van der Waals surface area contributed by atoms with E-state index in [0.29, 0.717) is 16.8 Å². The molecule has 2 unspecified atom stereocenters. The summed E-state index contributed by atoms with van der Waals surface area (Å²) in [7, 11) is 0. The lowest BCUT2D eigenvalue weighted by atomic mass is 9.95. The van der Waals surface area contributed by atoms with E-state index in [1.807, 2.05) is 6.07 Å². The minimum absolute atomic E-state index is 0.188. The van der Waals surface area contributed by atoms with Crippen LogP contribution < -0.4 is 11.1 Å². The van der Waals surface area contributed by atoms with Crippen LogP contribution in [0, 0.1) is 0 Å². The van der Waals surface area contributed by atoms with Crippen LogP contribution in [0.5, 0.6) is 0 Å². The van der Waals surface area contributed by atoms with Crippen LogP contribution in [0.2, 0.25) is 0 Å². The number of hydrogen-bond donors (Lipinski definition) is 4. The molecule has 0 aliphatic carbocycles. The molecule has 0 aliphatic rings. The summed E-state index contributed by atoms with van der Waals surface area (Å²) in [5.41, 5.74) is 7.37. The van der Waals surface area contributed by atoms with Gasteiger partial charge in [0.05, 0.1) is 6.10 Å². The van der Waals surface area contributed by atoms with Crippen LogP contribution in [0.1, 0.15) is 40.9 Å². The lowest BCUT2D eigenvalue weighted by molar-refractivity contribution is -0.119. The molecule has 132 valence electrons. The number of nitrogen functional groups attached to an aromatic ring is 1. The van der Waals surface area contributed by atoms with Gasteiger partial charge in [0, 0.05) is 30.3 Å². The summed E-state index contributed by atoms with van der Waals surface area (Å²) in [4.78, 5) is 23.4. The second-order valence-electron chi connectivity index (χ2n) is 5.83. The Kier molecular flexibility index (Phi) is 6.27. The number of benzene rings is 2. The predicted molar refractivity (Wildman–Crippen MR) is 95.0 cm³/mol. The Morgan fingerprint density at radius 2 is 1.80 bits per heavy atom. The topological polar surface area (TPSA) is 113 Å². The van der Waals surface area contributed by atoms with Gasteiger partial charge in [-0.3, -0.25) is 9.59 Å². The molecule has 2 aromatic carbocycles. The molecule has 2 aromatic rings. The lowest BCUT2D eigenvalue weighted by Crippen LogP contribution is -2.27. The van der Waals surface area contributed by atoms with Crippen LogP contribution in [0.4, 0.5) is 5.69 Å². The van der Waals surface area contributed by atoms with Crippen molar-refractivity contribution in [2.75, 3.05) is 12.3 Å². The fraction of sp³-hybridized carbons (Fsp3) is 0.263. The maximum Gasteiger partial charge on any atom is 0.216 e. The Labute approximate surface area is 146 Å². The number of ketones is 1. The smallest absolute Gasteiger partial charge is 0.216 e. The summed E-state index contributed by atoms with van der Waals surface area (Å²) < 4.78 is 0. The van der Waals surface area contributed by atoms with Crippen LogP contribution >= 0.6 is 0 Å². The quantitative estimate of drug-likeness (QED) is 0.449. The highest BCUT2D eigenvalue weighted by Crippen LogP contribution is 2.25. The van der Waals surface area contributed by atoms with Gasteiger partial charge in [0.1, 0.15) is 6.10 Å². The molecule has 0 saturated carbocycles. The highest BCUT2D eigenvalue weighted by Gasteiger charge is 2.21. The molecule has 25 heavy (non-hydrogen) atoms. The van der Waals surface area contributed by atoms with Gasteiger partial charge >= 0.3 is 0 Å². The summed E-state index contributed by atoms with van der Waals surface area (Å²) in [5.74, 6) is -0.454. The highest BCUT2D eigenvalue weighted by atomic mass is 16.3. The zero-order valence-electron chi connectivity index (χ0n) is 14.0. The first-order valence-corrected chi connectivity index (χ1v) is 8.00. The Balaban J connectivity index is 2.17. The molecule has 0 bridgehead atoms. The molecule has 0 spiro atoms. The van der Waals surface area contributed by atoms with Crippen molar-refractivity contribution in [3.63, 3.8) is 0 Å². The van der Waals surface area contributed by atoms with Crippen molar-refractivity contribution in [2.24, 2.45) is 0 Å². The Bertz CT molecular complexity index is 746. The second-order valence-corrected chi connectivity index (χ2v) is 5.83. The number of hydrogen-bond acceptors (Lipinski definition) is 5. The monoisotopic (exact) mass is 342 g/mol. The Hall–Kier alpha value is -2.70. The molecule has 6 heteroatoms.